The number of carboxylic acid groups (broad SMARTS) is 1. The summed E-state index contributed by atoms with van der Waals surface area (Å²) in [7, 11) is 0. The lowest BCUT2D eigenvalue weighted by Crippen LogP contribution is -2.55. The molecule has 32 heavy (non-hydrogen) atoms. The van der Waals surface area contributed by atoms with Crippen LogP contribution in [0.5, 0.6) is 0 Å². The molecule has 2 N–H and O–H groups in total. The summed E-state index contributed by atoms with van der Waals surface area (Å²) in [5.74, 6) is -3.61. The molecule has 2 rings (SSSR count). The number of hydrogen-bond donors (Lipinski definition) is 2. The third kappa shape index (κ3) is 6.66. The van der Waals surface area contributed by atoms with Gasteiger partial charge >= 0.3 is 18.2 Å². The number of piperidine rings is 1. The number of benzene rings is 1. The standard InChI is InChI=1S/C20H22F4N2O6/c21-11-15(27)13(10-16(28)29)25-18(30)14-8-4-5-9-26(14)19(31)32-17(20(22,23)24)12-6-2-1-3-7-12/h1-3,6-7,13-14,17H,4-5,8-11H2,(H,25,30)(H,28,29)/t13?,14-,17?/m0/s1. The molecule has 1 aromatic rings. The lowest BCUT2D eigenvalue weighted by atomic mass is 10.0. The predicted octanol–water partition coefficient (Wildman–Crippen LogP) is 2.78. The van der Waals surface area contributed by atoms with Crippen molar-refractivity contribution in [3.05, 3.63) is 35.9 Å². The summed E-state index contributed by atoms with van der Waals surface area (Å²) in [4.78, 5) is 48.5. The molecule has 1 aromatic carbocycles. The Hall–Kier alpha value is -3.18. The first kappa shape index (κ1) is 25.1. The van der Waals surface area contributed by atoms with Crippen molar-refractivity contribution >= 4 is 23.8 Å². The molecule has 8 nitrogen and oxygen atoms in total. The van der Waals surface area contributed by atoms with Crippen molar-refractivity contribution in [1.82, 2.24) is 10.2 Å². The largest absolute Gasteiger partial charge is 0.481 e. The zero-order valence-corrected chi connectivity index (χ0v) is 16.8. The number of carboxylic acids is 1. The zero-order chi connectivity index (χ0) is 23.9. The summed E-state index contributed by atoms with van der Waals surface area (Å²) in [6.07, 6.45) is -8.85. The average Bonchev–Trinajstić information content (AvgIpc) is 2.75. The van der Waals surface area contributed by atoms with Crippen LogP contribution in [0.4, 0.5) is 22.4 Å². The van der Waals surface area contributed by atoms with E-state index >= 15 is 0 Å². The fourth-order valence-electron chi connectivity index (χ4n) is 3.32. The normalized spacial score (nSPS) is 18.4. The Morgan fingerprint density at radius 3 is 2.38 bits per heavy atom. The van der Waals surface area contributed by atoms with Crippen LogP contribution in [-0.2, 0) is 19.1 Å². The van der Waals surface area contributed by atoms with Gasteiger partial charge in [0.15, 0.2) is 5.78 Å². The molecule has 2 amide bonds. The van der Waals surface area contributed by atoms with E-state index in [1.807, 2.05) is 0 Å². The van der Waals surface area contributed by atoms with Gasteiger partial charge in [0.25, 0.3) is 0 Å². The number of amides is 2. The van der Waals surface area contributed by atoms with E-state index < -0.39 is 61.2 Å². The first-order valence-electron chi connectivity index (χ1n) is 9.74. The number of halogens is 4. The maximum atomic E-state index is 13.5. The lowest BCUT2D eigenvalue weighted by Gasteiger charge is -2.35. The SMILES string of the molecule is O=C(O)CC(NC(=O)[C@@H]1CCCCN1C(=O)OC(c1ccccc1)C(F)(F)F)C(=O)CF. The topological polar surface area (TPSA) is 113 Å². The third-order valence-corrected chi connectivity index (χ3v) is 4.87. The average molecular weight is 462 g/mol. The van der Waals surface area contributed by atoms with Crippen LogP contribution < -0.4 is 5.32 Å². The summed E-state index contributed by atoms with van der Waals surface area (Å²) in [5, 5.41) is 10.9. The van der Waals surface area contributed by atoms with Gasteiger partial charge in [0.05, 0.1) is 6.42 Å². The molecule has 0 bridgehead atoms. The quantitative estimate of drug-likeness (QED) is 0.575. The van der Waals surface area contributed by atoms with Crippen molar-refractivity contribution in [2.75, 3.05) is 13.2 Å². The number of rotatable bonds is 8. The smallest absolute Gasteiger partial charge is 0.429 e. The van der Waals surface area contributed by atoms with Gasteiger partial charge in [0, 0.05) is 12.1 Å². The Labute approximate surface area is 180 Å². The highest BCUT2D eigenvalue weighted by Crippen LogP contribution is 2.36. The van der Waals surface area contributed by atoms with Gasteiger partial charge < -0.3 is 15.2 Å². The minimum atomic E-state index is -4.91. The Kier molecular flexibility index (Phi) is 8.56. The molecule has 1 saturated heterocycles. The summed E-state index contributed by atoms with van der Waals surface area (Å²) < 4.78 is 58.0. The minimum absolute atomic E-state index is 0.0482. The van der Waals surface area contributed by atoms with E-state index in [0.29, 0.717) is 12.8 Å². The number of ether oxygens (including phenoxy) is 1. The molecule has 0 aliphatic carbocycles. The Balaban J connectivity index is 2.19. The molecule has 1 aliphatic heterocycles. The highest BCUT2D eigenvalue weighted by atomic mass is 19.4. The summed E-state index contributed by atoms with van der Waals surface area (Å²) in [6, 6.07) is 3.51. The van der Waals surface area contributed by atoms with E-state index in [9.17, 15) is 36.7 Å². The van der Waals surface area contributed by atoms with Crippen molar-refractivity contribution in [3.8, 4) is 0 Å². The first-order valence-corrected chi connectivity index (χ1v) is 9.74. The van der Waals surface area contributed by atoms with Crippen LogP contribution in [0.15, 0.2) is 30.3 Å². The number of ketones is 1. The molecule has 0 spiro atoms. The van der Waals surface area contributed by atoms with Crippen LogP contribution in [0.25, 0.3) is 0 Å². The van der Waals surface area contributed by atoms with Crippen molar-refractivity contribution in [2.45, 2.75) is 50.0 Å². The summed E-state index contributed by atoms with van der Waals surface area (Å²) >= 11 is 0. The van der Waals surface area contributed by atoms with Gasteiger partial charge in [-0.05, 0) is 19.3 Å². The molecular formula is C20H22F4N2O6. The minimum Gasteiger partial charge on any atom is -0.481 e. The summed E-state index contributed by atoms with van der Waals surface area (Å²) in [6.45, 7) is -1.60. The van der Waals surface area contributed by atoms with Crippen LogP contribution in [-0.4, -0.2) is 65.2 Å². The molecule has 0 saturated carbocycles. The van der Waals surface area contributed by atoms with E-state index in [1.54, 1.807) is 0 Å². The van der Waals surface area contributed by atoms with Crippen LogP contribution in [0.3, 0.4) is 0 Å². The van der Waals surface area contributed by atoms with Gasteiger partial charge in [-0.2, -0.15) is 13.2 Å². The van der Waals surface area contributed by atoms with Crippen LogP contribution in [0, 0.1) is 0 Å². The Morgan fingerprint density at radius 1 is 1.16 bits per heavy atom. The second-order valence-corrected chi connectivity index (χ2v) is 7.18. The van der Waals surface area contributed by atoms with Crippen LogP contribution in [0.2, 0.25) is 0 Å². The third-order valence-electron chi connectivity index (χ3n) is 4.87. The van der Waals surface area contributed by atoms with E-state index in [-0.39, 0.29) is 18.5 Å². The molecular weight excluding hydrogens is 440 g/mol. The highest BCUT2D eigenvalue weighted by Gasteiger charge is 2.46. The van der Waals surface area contributed by atoms with Gasteiger partial charge in [-0.3, -0.25) is 19.3 Å². The maximum absolute atomic E-state index is 13.5. The fourth-order valence-corrected chi connectivity index (χ4v) is 3.32. The van der Waals surface area contributed by atoms with Gasteiger partial charge in [0.1, 0.15) is 18.8 Å². The molecule has 1 fully saturated rings. The molecule has 0 aromatic heterocycles. The molecule has 0 radical (unpaired) electrons. The molecule has 3 atom stereocenters. The second kappa shape index (κ2) is 10.9. The van der Waals surface area contributed by atoms with Gasteiger partial charge in [-0.25, -0.2) is 9.18 Å². The van der Waals surface area contributed by atoms with E-state index in [0.717, 1.165) is 17.0 Å². The van der Waals surface area contributed by atoms with Crippen LogP contribution in [0.1, 0.15) is 37.4 Å². The molecule has 12 heteroatoms. The van der Waals surface area contributed by atoms with Crippen molar-refractivity contribution < 1.29 is 46.6 Å². The van der Waals surface area contributed by atoms with Gasteiger partial charge in [-0.15, -0.1) is 0 Å². The first-order chi connectivity index (χ1) is 15.0. The second-order valence-electron chi connectivity index (χ2n) is 7.18. The predicted molar refractivity (Wildman–Crippen MR) is 101 cm³/mol. The number of alkyl halides is 4. The summed E-state index contributed by atoms with van der Waals surface area (Å²) in [5.41, 5.74) is -0.304. The van der Waals surface area contributed by atoms with E-state index in [4.69, 9.17) is 9.84 Å². The number of carbonyl (C=O) groups is 4. The lowest BCUT2D eigenvalue weighted by molar-refractivity contribution is -0.209. The van der Waals surface area contributed by atoms with E-state index in [1.165, 1.54) is 18.2 Å². The van der Waals surface area contributed by atoms with Crippen LogP contribution >= 0.6 is 0 Å². The number of aliphatic carboxylic acids is 1. The molecule has 176 valence electrons. The molecule has 1 aliphatic rings. The number of Topliss-reactive ketones (excluding diaryl/α,β-unsaturated/α-hetero) is 1. The number of likely N-dealkylation sites (tertiary alicyclic amines) is 1. The van der Waals surface area contributed by atoms with Gasteiger partial charge in [-0.1, -0.05) is 30.3 Å². The Bertz CT molecular complexity index is 833. The van der Waals surface area contributed by atoms with Crippen molar-refractivity contribution in [2.24, 2.45) is 0 Å². The van der Waals surface area contributed by atoms with E-state index in [2.05, 4.69) is 5.32 Å². The maximum Gasteiger partial charge on any atom is 0.429 e. The number of hydrogen-bond acceptors (Lipinski definition) is 5. The Morgan fingerprint density at radius 2 is 1.81 bits per heavy atom. The number of nitrogens with zero attached hydrogens (tertiary/aromatic N) is 1. The van der Waals surface area contributed by atoms with Crippen molar-refractivity contribution in [1.29, 1.82) is 0 Å². The van der Waals surface area contributed by atoms with Crippen molar-refractivity contribution in [3.63, 3.8) is 0 Å². The zero-order valence-electron chi connectivity index (χ0n) is 16.8. The highest BCUT2D eigenvalue weighted by molar-refractivity contribution is 5.94. The monoisotopic (exact) mass is 462 g/mol. The molecule has 2 unspecified atom stereocenters. The molecule has 1 heterocycles. The number of carbonyl (C=O) groups excluding carboxylic acids is 3. The van der Waals surface area contributed by atoms with Gasteiger partial charge in [0.2, 0.25) is 12.0 Å². The number of nitrogens with one attached hydrogen (secondary N) is 1. The fraction of sp³-hybridized carbons (Fsp3) is 0.500.